The largest absolute Gasteiger partial charge is 0.418 e. The lowest BCUT2D eigenvalue weighted by atomic mass is 10.1. The van der Waals surface area contributed by atoms with E-state index in [1.54, 1.807) is 0 Å². The summed E-state index contributed by atoms with van der Waals surface area (Å²) >= 11 is 0. The van der Waals surface area contributed by atoms with E-state index in [9.17, 15) is 18.0 Å². The molecule has 0 fully saturated rings. The maximum atomic E-state index is 12.8. The van der Waals surface area contributed by atoms with E-state index in [0.717, 1.165) is 12.6 Å². The first-order chi connectivity index (χ1) is 9.80. The fourth-order valence-corrected chi connectivity index (χ4v) is 1.70. The second kappa shape index (κ2) is 7.87. The van der Waals surface area contributed by atoms with Crippen molar-refractivity contribution in [2.24, 2.45) is 0 Å². The van der Waals surface area contributed by atoms with Gasteiger partial charge in [0.1, 0.15) is 0 Å². The van der Waals surface area contributed by atoms with Crippen molar-refractivity contribution in [3.8, 4) is 0 Å². The number of carbonyl (C=O) groups is 1. The van der Waals surface area contributed by atoms with Gasteiger partial charge in [-0.3, -0.25) is 4.79 Å². The number of nitrogens with zero attached hydrogens (tertiary/aromatic N) is 1. The molecule has 4 nitrogen and oxygen atoms in total. The van der Waals surface area contributed by atoms with Crippen LogP contribution >= 0.6 is 0 Å². The quantitative estimate of drug-likeness (QED) is 0.811. The van der Waals surface area contributed by atoms with E-state index < -0.39 is 11.7 Å². The summed E-state index contributed by atoms with van der Waals surface area (Å²) in [5, 5.41) is 5.36. The summed E-state index contributed by atoms with van der Waals surface area (Å²) in [5.74, 6) is -0.186. The van der Waals surface area contributed by atoms with Crippen LogP contribution < -0.4 is 10.6 Å². The summed E-state index contributed by atoms with van der Waals surface area (Å²) in [6, 6.07) is 5.23. The second-order valence-corrected chi connectivity index (χ2v) is 4.87. The summed E-state index contributed by atoms with van der Waals surface area (Å²) in [4.78, 5) is 13.4. The predicted octanol–water partition coefficient (Wildman–Crippen LogP) is 2.19. The molecule has 0 bridgehead atoms. The molecule has 0 radical (unpaired) electrons. The van der Waals surface area contributed by atoms with Gasteiger partial charge in [0.05, 0.1) is 5.56 Å². The number of benzene rings is 1. The third-order valence-electron chi connectivity index (χ3n) is 2.78. The highest BCUT2D eigenvalue weighted by molar-refractivity contribution is 5.76. The first-order valence-corrected chi connectivity index (χ1v) is 6.62. The zero-order valence-electron chi connectivity index (χ0n) is 12.1. The number of para-hydroxylation sites is 1. The molecule has 1 aromatic carbocycles. The van der Waals surface area contributed by atoms with Crippen LogP contribution in [0.15, 0.2) is 24.3 Å². The van der Waals surface area contributed by atoms with Crippen LogP contribution in [-0.2, 0) is 11.0 Å². The molecule has 0 saturated heterocycles. The minimum atomic E-state index is -4.41. The molecule has 1 aromatic rings. The minimum Gasteiger partial charge on any atom is -0.384 e. The van der Waals surface area contributed by atoms with Crippen molar-refractivity contribution in [1.82, 2.24) is 10.2 Å². The number of amides is 1. The number of likely N-dealkylation sites (N-methyl/N-ethyl adjacent to an activating group) is 1. The summed E-state index contributed by atoms with van der Waals surface area (Å²) in [6.45, 7) is 1.39. The monoisotopic (exact) mass is 303 g/mol. The summed E-state index contributed by atoms with van der Waals surface area (Å²) in [5.41, 5.74) is -0.732. The Balaban J connectivity index is 2.41. The highest BCUT2D eigenvalue weighted by Crippen LogP contribution is 2.34. The van der Waals surface area contributed by atoms with Crippen LogP contribution in [0.25, 0.3) is 0 Å². The molecule has 0 unspecified atom stereocenters. The van der Waals surface area contributed by atoms with Crippen molar-refractivity contribution in [3.05, 3.63) is 29.8 Å². The summed E-state index contributed by atoms with van der Waals surface area (Å²) in [7, 11) is 3.78. The topological polar surface area (TPSA) is 44.4 Å². The molecular weight excluding hydrogens is 283 g/mol. The molecule has 0 aliphatic heterocycles. The Bertz CT molecular complexity index is 461. The van der Waals surface area contributed by atoms with Crippen molar-refractivity contribution in [2.75, 3.05) is 39.0 Å². The van der Waals surface area contributed by atoms with Gasteiger partial charge in [-0.1, -0.05) is 12.1 Å². The normalized spacial score (nSPS) is 11.5. The third-order valence-corrected chi connectivity index (χ3v) is 2.78. The highest BCUT2D eigenvalue weighted by atomic mass is 19.4. The third kappa shape index (κ3) is 6.48. The van der Waals surface area contributed by atoms with E-state index in [4.69, 9.17) is 0 Å². The number of rotatable bonds is 7. The average molecular weight is 303 g/mol. The van der Waals surface area contributed by atoms with Gasteiger partial charge < -0.3 is 15.5 Å². The molecule has 0 aliphatic rings. The SMILES string of the molecule is CN(C)CCNC(=O)CCNc1ccccc1C(F)(F)F. The molecule has 1 amide bonds. The number of hydrogen-bond acceptors (Lipinski definition) is 3. The van der Waals surface area contributed by atoms with Crippen LogP contribution in [0.3, 0.4) is 0 Å². The summed E-state index contributed by atoms with van der Waals surface area (Å²) in [6.07, 6.45) is -4.28. The van der Waals surface area contributed by atoms with E-state index in [0.29, 0.717) is 6.54 Å². The molecule has 0 aliphatic carbocycles. The van der Waals surface area contributed by atoms with Crippen LogP contribution in [0.5, 0.6) is 0 Å². The molecule has 0 aromatic heterocycles. The Morgan fingerprint density at radius 1 is 1.19 bits per heavy atom. The van der Waals surface area contributed by atoms with Crippen LogP contribution in [0.4, 0.5) is 18.9 Å². The van der Waals surface area contributed by atoms with Crippen LogP contribution in [0.2, 0.25) is 0 Å². The zero-order chi connectivity index (χ0) is 15.9. The smallest absolute Gasteiger partial charge is 0.384 e. The highest BCUT2D eigenvalue weighted by Gasteiger charge is 2.32. The van der Waals surface area contributed by atoms with Gasteiger partial charge in [0.25, 0.3) is 0 Å². The second-order valence-electron chi connectivity index (χ2n) is 4.87. The summed E-state index contributed by atoms with van der Waals surface area (Å²) < 4.78 is 38.3. The van der Waals surface area contributed by atoms with Gasteiger partial charge >= 0.3 is 6.18 Å². The first kappa shape index (κ1) is 17.3. The lowest BCUT2D eigenvalue weighted by Gasteiger charge is -2.14. The van der Waals surface area contributed by atoms with Gasteiger partial charge in [0, 0.05) is 31.7 Å². The molecule has 2 N–H and O–H groups in total. The Morgan fingerprint density at radius 2 is 1.86 bits per heavy atom. The van der Waals surface area contributed by atoms with Crippen LogP contribution in [0, 0.1) is 0 Å². The fourth-order valence-electron chi connectivity index (χ4n) is 1.70. The molecule has 7 heteroatoms. The van der Waals surface area contributed by atoms with Gasteiger partial charge in [0.15, 0.2) is 0 Å². The number of alkyl halides is 3. The number of anilines is 1. The lowest BCUT2D eigenvalue weighted by Crippen LogP contribution is -2.32. The zero-order valence-corrected chi connectivity index (χ0v) is 12.1. The van der Waals surface area contributed by atoms with E-state index in [1.165, 1.54) is 18.2 Å². The van der Waals surface area contributed by atoms with Crippen molar-refractivity contribution < 1.29 is 18.0 Å². The van der Waals surface area contributed by atoms with Gasteiger partial charge in [0.2, 0.25) is 5.91 Å². The van der Waals surface area contributed by atoms with Crippen LogP contribution in [-0.4, -0.2) is 44.5 Å². The standard InChI is InChI=1S/C14H20F3N3O/c1-20(2)10-9-19-13(21)7-8-18-12-6-4-3-5-11(12)14(15,16)17/h3-6,18H,7-10H2,1-2H3,(H,19,21). The van der Waals surface area contributed by atoms with Gasteiger partial charge in [-0.15, -0.1) is 0 Å². The maximum absolute atomic E-state index is 12.8. The van der Waals surface area contributed by atoms with E-state index in [-0.39, 0.29) is 24.6 Å². The Hall–Kier alpha value is -1.76. The lowest BCUT2D eigenvalue weighted by molar-refractivity contribution is -0.137. The Kier molecular flexibility index (Phi) is 6.48. The molecule has 0 atom stereocenters. The maximum Gasteiger partial charge on any atom is 0.418 e. The predicted molar refractivity (Wildman–Crippen MR) is 76.1 cm³/mol. The number of halogens is 3. The van der Waals surface area contributed by atoms with Crippen molar-refractivity contribution >= 4 is 11.6 Å². The van der Waals surface area contributed by atoms with Gasteiger partial charge in [-0.2, -0.15) is 13.2 Å². The van der Waals surface area contributed by atoms with E-state index in [1.807, 2.05) is 19.0 Å². The molecule has 0 saturated carbocycles. The minimum absolute atomic E-state index is 0.00825. The molecule has 1 rings (SSSR count). The Labute approximate surface area is 122 Å². The van der Waals surface area contributed by atoms with Gasteiger partial charge in [-0.05, 0) is 26.2 Å². The van der Waals surface area contributed by atoms with Crippen LogP contribution in [0.1, 0.15) is 12.0 Å². The average Bonchev–Trinajstić information content (AvgIpc) is 2.37. The molecular formula is C14H20F3N3O. The van der Waals surface area contributed by atoms with E-state index >= 15 is 0 Å². The van der Waals surface area contributed by atoms with Crippen molar-refractivity contribution in [3.63, 3.8) is 0 Å². The molecule has 118 valence electrons. The fraction of sp³-hybridized carbons (Fsp3) is 0.500. The number of nitrogens with one attached hydrogen (secondary N) is 2. The molecule has 0 heterocycles. The van der Waals surface area contributed by atoms with E-state index in [2.05, 4.69) is 10.6 Å². The van der Waals surface area contributed by atoms with Crippen molar-refractivity contribution in [2.45, 2.75) is 12.6 Å². The number of hydrogen-bond donors (Lipinski definition) is 2. The number of carbonyl (C=O) groups excluding carboxylic acids is 1. The van der Waals surface area contributed by atoms with Gasteiger partial charge in [-0.25, -0.2) is 0 Å². The Morgan fingerprint density at radius 3 is 2.48 bits per heavy atom. The van der Waals surface area contributed by atoms with Crippen molar-refractivity contribution in [1.29, 1.82) is 0 Å². The first-order valence-electron chi connectivity index (χ1n) is 6.62. The molecule has 21 heavy (non-hydrogen) atoms. The molecule has 0 spiro atoms.